The highest BCUT2D eigenvalue weighted by atomic mass is 19.3. The van der Waals surface area contributed by atoms with Crippen molar-refractivity contribution < 1.29 is 13.9 Å². The first-order chi connectivity index (χ1) is 5.20. The van der Waals surface area contributed by atoms with Crippen molar-refractivity contribution in [3.63, 3.8) is 0 Å². The summed E-state index contributed by atoms with van der Waals surface area (Å²) in [6.45, 7) is 1.20. The average Bonchev–Trinajstić information content (AvgIpc) is 1.93. The summed E-state index contributed by atoms with van der Waals surface area (Å²) < 4.78 is 23.7. The largest absolute Gasteiger partial charge is 0.392 e. The van der Waals surface area contributed by atoms with Crippen LogP contribution < -0.4 is 5.32 Å². The molecular formula is C7H13F2NO. The number of β-amino-alcohol motifs (C(OH)–C–C–N with tert-alkyl or cyclic N) is 1. The maximum Gasteiger partial charge on any atom is 0.239 e. The Balaban J connectivity index is 2.29. The number of halogens is 2. The van der Waals surface area contributed by atoms with Gasteiger partial charge in [0.1, 0.15) is 0 Å². The summed E-state index contributed by atoms with van der Waals surface area (Å²) in [5.74, 6) is -0.212. The minimum atomic E-state index is -2.28. The highest BCUT2D eigenvalue weighted by Gasteiger charge is 2.25. The van der Waals surface area contributed by atoms with Gasteiger partial charge in [-0.15, -0.1) is 0 Å². The lowest BCUT2D eigenvalue weighted by Crippen LogP contribution is -2.41. The van der Waals surface area contributed by atoms with Crippen molar-refractivity contribution in [2.45, 2.75) is 25.4 Å². The van der Waals surface area contributed by atoms with E-state index in [-0.39, 0.29) is 12.3 Å². The molecule has 0 amide bonds. The minimum Gasteiger partial charge on any atom is -0.392 e. The molecule has 11 heavy (non-hydrogen) atoms. The molecule has 1 fully saturated rings. The summed E-state index contributed by atoms with van der Waals surface area (Å²) >= 11 is 0. The lowest BCUT2D eigenvalue weighted by Gasteiger charge is -2.27. The average molecular weight is 165 g/mol. The van der Waals surface area contributed by atoms with Crippen molar-refractivity contribution in [1.29, 1.82) is 0 Å². The minimum absolute atomic E-state index is 0.164. The first-order valence-electron chi connectivity index (χ1n) is 3.87. The van der Waals surface area contributed by atoms with E-state index in [1.165, 1.54) is 0 Å². The zero-order chi connectivity index (χ0) is 8.27. The zero-order valence-electron chi connectivity index (χ0n) is 6.26. The van der Waals surface area contributed by atoms with E-state index in [0.29, 0.717) is 13.0 Å². The molecule has 1 rings (SSSR count). The molecule has 0 saturated carbocycles. The van der Waals surface area contributed by atoms with E-state index in [1.54, 1.807) is 0 Å². The molecule has 0 spiro atoms. The number of aliphatic hydroxyl groups is 1. The fourth-order valence-electron chi connectivity index (χ4n) is 1.40. The monoisotopic (exact) mass is 165 g/mol. The third-order valence-corrected chi connectivity index (χ3v) is 2.07. The van der Waals surface area contributed by atoms with Crippen LogP contribution in [-0.4, -0.2) is 30.7 Å². The van der Waals surface area contributed by atoms with Gasteiger partial charge in [0.25, 0.3) is 0 Å². The van der Waals surface area contributed by atoms with Crippen LogP contribution in [-0.2, 0) is 0 Å². The van der Waals surface area contributed by atoms with Crippen molar-refractivity contribution in [1.82, 2.24) is 5.32 Å². The molecule has 1 heterocycles. The van der Waals surface area contributed by atoms with E-state index < -0.39 is 12.5 Å². The van der Waals surface area contributed by atoms with Crippen molar-refractivity contribution in [2.24, 2.45) is 5.92 Å². The predicted octanol–water partition coefficient (Wildman–Crippen LogP) is 0.612. The molecule has 2 nitrogen and oxygen atoms in total. The molecule has 0 aromatic heterocycles. The first kappa shape index (κ1) is 8.87. The van der Waals surface area contributed by atoms with Gasteiger partial charge in [0.15, 0.2) is 0 Å². The topological polar surface area (TPSA) is 32.3 Å². The fourth-order valence-corrected chi connectivity index (χ4v) is 1.40. The van der Waals surface area contributed by atoms with E-state index in [1.807, 2.05) is 0 Å². The summed E-state index contributed by atoms with van der Waals surface area (Å²) in [4.78, 5) is 0. The third kappa shape index (κ3) is 2.71. The van der Waals surface area contributed by atoms with Crippen LogP contribution in [0.25, 0.3) is 0 Å². The molecule has 0 aliphatic carbocycles. The molecule has 0 radical (unpaired) electrons. The molecule has 0 aromatic rings. The normalized spacial score (nSPS) is 32.7. The van der Waals surface area contributed by atoms with Crippen LogP contribution in [0.15, 0.2) is 0 Å². The Morgan fingerprint density at radius 1 is 1.55 bits per heavy atom. The lowest BCUT2D eigenvalue weighted by atomic mass is 9.92. The predicted molar refractivity (Wildman–Crippen MR) is 37.6 cm³/mol. The molecule has 1 saturated heterocycles. The van der Waals surface area contributed by atoms with Crippen LogP contribution in [0.4, 0.5) is 8.78 Å². The molecule has 2 unspecified atom stereocenters. The standard InChI is InChI=1S/C7H13F2NO/c8-7(9)3-5-1-2-10-4-6(5)11/h5-7,10-11H,1-4H2. The number of hydrogen-bond donors (Lipinski definition) is 2. The highest BCUT2D eigenvalue weighted by Crippen LogP contribution is 2.20. The Hall–Kier alpha value is -0.220. The Labute approximate surface area is 64.6 Å². The van der Waals surface area contributed by atoms with Crippen LogP contribution in [0.1, 0.15) is 12.8 Å². The Kier molecular flexibility index (Phi) is 3.20. The number of nitrogens with one attached hydrogen (secondary N) is 1. The Morgan fingerprint density at radius 3 is 2.82 bits per heavy atom. The van der Waals surface area contributed by atoms with Gasteiger partial charge < -0.3 is 10.4 Å². The van der Waals surface area contributed by atoms with Gasteiger partial charge in [-0.25, -0.2) is 8.78 Å². The molecular weight excluding hydrogens is 152 g/mol. The summed E-state index contributed by atoms with van der Waals surface area (Å²) in [7, 11) is 0. The lowest BCUT2D eigenvalue weighted by molar-refractivity contribution is 0.0313. The summed E-state index contributed by atoms with van der Waals surface area (Å²) in [6, 6.07) is 0. The van der Waals surface area contributed by atoms with Crippen molar-refractivity contribution in [3.05, 3.63) is 0 Å². The van der Waals surface area contributed by atoms with E-state index in [4.69, 9.17) is 0 Å². The van der Waals surface area contributed by atoms with Gasteiger partial charge in [0, 0.05) is 13.0 Å². The SMILES string of the molecule is OC1CNCCC1CC(F)F. The molecule has 0 aromatic carbocycles. The summed E-state index contributed by atoms with van der Waals surface area (Å²) in [6.07, 6.45) is -2.38. The van der Waals surface area contributed by atoms with Gasteiger partial charge in [-0.2, -0.15) is 0 Å². The first-order valence-corrected chi connectivity index (χ1v) is 3.87. The number of rotatable bonds is 2. The van der Waals surface area contributed by atoms with Gasteiger partial charge in [-0.05, 0) is 18.9 Å². The molecule has 2 N–H and O–H groups in total. The molecule has 1 aliphatic heterocycles. The van der Waals surface area contributed by atoms with Crippen molar-refractivity contribution >= 4 is 0 Å². The third-order valence-electron chi connectivity index (χ3n) is 2.07. The summed E-state index contributed by atoms with van der Waals surface area (Å²) in [5.41, 5.74) is 0. The second kappa shape index (κ2) is 3.97. The van der Waals surface area contributed by atoms with Gasteiger partial charge in [0.05, 0.1) is 6.10 Å². The van der Waals surface area contributed by atoms with Crippen molar-refractivity contribution in [2.75, 3.05) is 13.1 Å². The van der Waals surface area contributed by atoms with E-state index in [9.17, 15) is 13.9 Å². The maximum atomic E-state index is 11.9. The zero-order valence-corrected chi connectivity index (χ0v) is 6.26. The van der Waals surface area contributed by atoms with Gasteiger partial charge in [0.2, 0.25) is 6.43 Å². The van der Waals surface area contributed by atoms with Gasteiger partial charge in [-0.1, -0.05) is 0 Å². The van der Waals surface area contributed by atoms with E-state index >= 15 is 0 Å². The van der Waals surface area contributed by atoms with Crippen LogP contribution in [0.5, 0.6) is 0 Å². The molecule has 1 aliphatic rings. The van der Waals surface area contributed by atoms with Crippen LogP contribution in [0, 0.1) is 5.92 Å². The second-order valence-electron chi connectivity index (χ2n) is 2.95. The van der Waals surface area contributed by atoms with Gasteiger partial charge in [-0.3, -0.25) is 0 Å². The fraction of sp³-hybridized carbons (Fsp3) is 1.00. The van der Waals surface area contributed by atoms with Crippen LogP contribution in [0.3, 0.4) is 0 Å². The second-order valence-corrected chi connectivity index (χ2v) is 2.95. The van der Waals surface area contributed by atoms with E-state index in [2.05, 4.69) is 5.32 Å². The van der Waals surface area contributed by atoms with E-state index in [0.717, 1.165) is 6.54 Å². The maximum absolute atomic E-state index is 11.9. The Morgan fingerprint density at radius 2 is 2.27 bits per heavy atom. The molecule has 4 heteroatoms. The number of alkyl halides is 2. The number of aliphatic hydroxyl groups excluding tert-OH is 1. The van der Waals surface area contributed by atoms with Crippen LogP contribution >= 0.6 is 0 Å². The smallest absolute Gasteiger partial charge is 0.239 e. The van der Waals surface area contributed by atoms with Gasteiger partial charge >= 0.3 is 0 Å². The quantitative estimate of drug-likeness (QED) is 0.628. The summed E-state index contributed by atoms with van der Waals surface area (Å²) in [5, 5.41) is 12.2. The molecule has 2 atom stereocenters. The highest BCUT2D eigenvalue weighted by molar-refractivity contribution is 4.77. The Bertz CT molecular complexity index is 121. The number of piperidine rings is 1. The molecule has 66 valence electrons. The van der Waals surface area contributed by atoms with Crippen LogP contribution in [0.2, 0.25) is 0 Å². The number of hydrogen-bond acceptors (Lipinski definition) is 2. The molecule has 0 bridgehead atoms. The van der Waals surface area contributed by atoms with Crippen molar-refractivity contribution in [3.8, 4) is 0 Å².